The molecule has 21 heavy (non-hydrogen) atoms. The molecule has 1 aromatic carbocycles. The average Bonchev–Trinajstić information content (AvgIpc) is 2.91. The molecule has 0 spiro atoms. The van der Waals surface area contributed by atoms with E-state index in [0.717, 1.165) is 25.3 Å². The number of carbonyl (C=O) groups is 1. The summed E-state index contributed by atoms with van der Waals surface area (Å²) in [6.45, 7) is 7.12. The first kappa shape index (κ1) is 16.0. The van der Waals surface area contributed by atoms with Crippen molar-refractivity contribution in [1.82, 2.24) is 4.90 Å². The van der Waals surface area contributed by atoms with Crippen molar-refractivity contribution in [3.05, 3.63) is 29.8 Å². The van der Waals surface area contributed by atoms with Gasteiger partial charge in [0.25, 0.3) is 0 Å². The highest BCUT2D eigenvalue weighted by molar-refractivity contribution is 5.91. The standard InChI is InChI=1S/C17H27N3O/c1-17(2,18)10-9-16(21)19-15-8-4-3-7-14(15)13-20-11-5-6-12-20/h3-4,7-8H,5-6,9-13,18H2,1-2H3,(H,19,21). The van der Waals surface area contributed by atoms with Gasteiger partial charge in [0.15, 0.2) is 0 Å². The zero-order valence-electron chi connectivity index (χ0n) is 13.2. The predicted molar refractivity (Wildman–Crippen MR) is 87.1 cm³/mol. The first-order chi connectivity index (χ1) is 9.94. The van der Waals surface area contributed by atoms with Crippen LogP contribution in [0.2, 0.25) is 0 Å². The molecule has 0 aliphatic carbocycles. The summed E-state index contributed by atoms with van der Waals surface area (Å²) >= 11 is 0. The van der Waals surface area contributed by atoms with Gasteiger partial charge in [0, 0.05) is 24.2 Å². The Morgan fingerprint density at radius 2 is 1.95 bits per heavy atom. The van der Waals surface area contributed by atoms with Crippen LogP contribution in [0.5, 0.6) is 0 Å². The second-order valence-corrected chi connectivity index (χ2v) is 6.68. The number of anilines is 1. The van der Waals surface area contributed by atoms with Crippen LogP contribution in [0.3, 0.4) is 0 Å². The maximum absolute atomic E-state index is 12.1. The lowest BCUT2D eigenvalue weighted by atomic mass is 10.00. The number of hydrogen-bond donors (Lipinski definition) is 2. The van der Waals surface area contributed by atoms with Gasteiger partial charge in [-0.2, -0.15) is 0 Å². The molecule has 116 valence electrons. The highest BCUT2D eigenvalue weighted by atomic mass is 16.1. The van der Waals surface area contributed by atoms with Crippen molar-refractivity contribution in [2.75, 3.05) is 18.4 Å². The molecular formula is C17H27N3O. The van der Waals surface area contributed by atoms with Gasteiger partial charge in [-0.05, 0) is 57.8 Å². The first-order valence-corrected chi connectivity index (χ1v) is 7.83. The van der Waals surface area contributed by atoms with Gasteiger partial charge in [-0.15, -0.1) is 0 Å². The zero-order chi connectivity index (χ0) is 15.3. The van der Waals surface area contributed by atoms with Crippen LogP contribution in [0.25, 0.3) is 0 Å². The number of hydrogen-bond acceptors (Lipinski definition) is 3. The van der Waals surface area contributed by atoms with Crippen LogP contribution in [0.1, 0.15) is 45.1 Å². The number of carbonyl (C=O) groups excluding carboxylic acids is 1. The summed E-state index contributed by atoms with van der Waals surface area (Å²) in [7, 11) is 0. The number of amides is 1. The lowest BCUT2D eigenvalue weighted by Crippen LogP contribution is -2.33. The van der Waals surface area contributed by atoms with E-state index in [1.807, 2.05) is 32.0 Å². The van der Waals surface area contributed by atoms with E-state index in [4.69, 9.17) is 5.73 Å². The minimum absolute atomic E-state index is 0.0439. The van der Waals surface area contributed by atoms with Crippen molar-refractivity contribution in [2.45, 2.75) is 51.6 Å². The summed E-state index contributed by atoms with van der Waals surface area (Å²) in [5.41, 5.74) is 7.76. The molecule has 0 radical (unpaired) electrons. The van der Waals surface area contributed by atoms with Gasteiger partial charge in [-0.3, -0.25) is 9.69 Å². The van der Waals surface area contributed by atoms with E-state index in [1.54, 1.807) is 0 Å². The largest absolute Gasteiger partial charge is 0.326 e. The normalized spacial score (nSPS) is 16.1. The fourth-order valence-corrected chi connectivity index (χ4v) is 2.61. The van der Waals surface area contributed by atoms with Gasteiger partial charge in [0.1, 0.15) is 0 Å². The van der Waals surface area contributed by atoms with Gasteiger partial charge >= 0.3 is 0 Å². The third-order valence-electron chi connectivity index (χ3n) is 3.88. The van der Waals surface area contributed by atoms with E-state index < -0.39 is 0 Å². The van der Waals surface area contributed by atoms with E-state index >= 15 is 0 Å². The molecular weight excluding hydrogens is 262 g/mol. The number of nitrogens with one attached hydrogen (secondary N) is 1. The third kappa shape index (κ3) is 5.48. The van der Waals surface area contributed by atoms with Crippen LogP contribution in [0.4, 0.5) is 5.69 Å². The second-order valence-electron chi connectivity index (χ2n) is 6.68. The molecule has 1 aromatic rings. The van der Waals surface area contributed by atoms with Crippen LogP contribution >= 0.6 is 0 Å². The fraction of sp³-hybridized carbons (Fsp3) is 0.588. The number of benzene rings is 1. The summed E-state index contributed by atoms with van der Waals surface area (Å²) < 4.78 is 0. The molecule has 0 aromatic heterocycles. The third-order valence-corrected chi connectivity index (χ3v) is 3.88. The van der Waals surface area contributed by atoms with Crippen molar-refractivity contribution in [3.8, 4) is 0 Å². The maximum atomic E-state index is 12.1. The molecule has 1 fully saturated rings. The van der Waals surface area contributed by atoms with Gasteiger partial charge in [-0.1, -0.05) is 18.2 Å². The Morgan fingerprint density at radius 1 is 1.29 bits per heavy atom. The molecule has 1 amide bonds. The lowest BCUT2D eigenvalue weighted by Gasteiger charge is -2.19. The van der Waals surface area contributed by atoms with Crippen LogP contribution in [-0.2, 0) is 11.3 Å². The molecule has 2 rings (SSSR count). The molecule has 0 bridgehead atoms. The van der Waals surface area contributed by atoms with Crippen molar-refractivity contribution < 1.29 is 4.79 Å². The smallest absolute Gasteiger partial charge is 0.224 e. The molecule has 4 nitrogen and oxygen atoms in total. The lowest BCUT2D eigenvalue weighted by molar-refractivity contribution is -0.116. The Hall–Kier alpha value is -1.39. The van der Waals surface area contributed by atoms with Crippen LogP contribution in [0, 0.1) is 0 Å². The number of rotatable bonds is 6. The Morgan fingerprint density at radius 3 is 2.62 bits per heavy atom. The Labute approximate surface area is 127 Å². The van der Waals surface area contributed by atoms with Crippen LogP contribution in [-0.4, -0.2) is 29.4 Å². The van der Waals surface area contributed by atoms with Crippen molar-refractivity contribution in [2.24, 2.45) is 5.73 Å². The minimum Gasteiger partial charge on any atom is -0.326 e. The Kier molecular flexibility index (Phi) is 5.37. The predicted octanol–water partition coefficient (Wildman–Crippen LogP) is 2.74. The van der Waals surface area contributed by atoms with E-state index in [0.29, 0.717) is 12.8 Å². The highest BCUT2D eigenvalue weighted by Gasteiger charge is 2.16. The van der Waals surface area contributed by atoms with Gasteiger partial charge in [0.2, 0.25) is 5.91 Å². The molecule has 1 aliphatic heterocycles. The first-order valence-electron chi connectivity index (χ1n) is 7.83. The molecule has 1 saturated heterocycles. The number of nitrogens with zero attached hydrogens (tertiary/aromatic N) is 1. The van der Waals surface area contributed by atoms with Crippen LogP contribution in [0.15, 0.2) is 24.3 Å². The topological polar surface area (TPSA) is 58.4 Å². The molecule has 1 heterocycles. The number of para-hydroxylation sites is 1. The molecule has 3 N–H and O–H groups in total. The molecule has 0 saturated carbocycles. The molecule has 0 atom stereocenters. The summed E-state index contributed by atoms with van der Waals surface area (Å²) in [4.78, 5) is 14.5. The van der Waals surface area contributed by atoms with E-state index in [1.165, 1.54) is 18.4 Å². The summed E-state index contributed by atoms with van der Waals surface area (Å²) in [5, 5.41) is 3.04. The fourth-order valence-electron chi connectivity index (χ4n) is 2.61. The summed E-state index contributed by atoms with van der Waals surface area (Å²) in [6, 6.07) is 8.08. The van der Waals surface area contributed by atoms with Gasteiger partial charge < -0.3 is 11.1 Å². The Balaban J connectivity index is 1.94. The number of nitrogens with two attached hydrogens (primary N) is 1. The summed E-state index contributed by atoms with van der Waals surface area (Å²) in [6.07, 6.45) is 3.70. The minimum atomic E-state index is -0.299. The molecule has 0 unspecified atom stereocenters. The van der Waals surface area contributed by atoms with E-state index in [9.17, 15) is 4.79 Å². The second kappa shape index (κ2) is 7.05. The monoisotopic (exact) mass is 289 g/mol. The van der Waals surface area contributed by atoms with E-state index in [-0.39, 0.29) is 11.4 Å². The molecule has 4 heteroatoms. The van der Waals surface area contributed by atoms with Crippen molar-refractivity contribution in [1.29, 1.82) is 0 Å². The Bertz CT molecular complexity index is 473. The van der Waals surface area contributed by atoms with Gasteiger partial charge in [0.05, 0.1) is 0 Å². The SMILES string of the molecule is CC(C)(N)CCC(=O)Nc1ccccc1CN1CCCC1. The van der Waals surface area contributed by atoms with Crippen molar-refractivity contribution >= 4 is 11.6 Å². The average molecular weight is 289 g/mol. The van der Waals surface area contributed by atoms with Crippen LogP contribution < -0.4 is 11.1 Å². The highest BCUT2D eigenvalue weighted by Crippen LogP contribution is 2.20. The summed E-state index contributed by atoms with van der Waals surface area (Å²) in [5.74, 6) is 0.0439. The van der Waals surface area contributed by atoms with Crippen molar-refractivity contribution in [3.63, 3.8) is 0 Å². The number of likely N-dealkylation sites (tertiary alicyclic amines) is 1. The maximum Gasteiger partial charge on any atom is 0.224 e. The van der Waals surface area contributed by atoms with E-state index in [2.05, 4.69) is 16.3 Å². The molecule has 1 aliphatic rings. The van der Waals surface area contributed by atoms with Gasteiger partial charge in [-0.25, -0.2) is 0 Å². The quantitative estimate of drug-likeness (QED) is 0.846. The zero-order valence-corrected chi connectivity index (χ0v) is 13.2.